The summed E-state index contributed by atoms with van der Waals surface area (Å²) in [4.78, 5) is 0. The summed E-state index contributed by atoms with van der Waals surface area (Å²) in [6.45, 7) is 19.1. The maximum atomic E-state index is 4.22. The zero-order valence-electron chi connectivity index (χ0n) is 13.8. The van der Waals surface area contributed by atoms with Crippen LogP contribution in [0.5, 0.6) is 0 Å². The van der Waals surface area contributed by atoms with E-state index >= 15 is 0 Å². The molecule has 0 aromatic heterocycles. The average Bonchev–Trinajstić information content (AvgIpc) is 2.41. The number of hydrogen-bond donors (Lipinski definition) is 0. The van der Waals surface area contributed by atoms with Crippen LogP contribution in [0.4, 0.5) is 0 Å². The fraction of sp³-hybridized carbons (Fsp3) is 0.400. The smallest absolute Gasteiger partial charge is 0.00944 e. The number of benzene rings is 1. The number of allylic oxidation sites excluding steroid dienone is 3. The summed E-state index contributed by atoms with van der Waals surface area (Å²) in [6.07, 6.45) is 9.43. The van der Waals surface area contributed by atoms with Crippen LogP contribution in [0.1, 0.15) is 61.1 Å². The molecule has 0 atom stereocenters. The molecule has 0 heteroatoms. The summed E-state index contributed by atoms with van der Waals surface area (Å²) in [6, 6.07) is 0. The molecule has 1 aromatic carbocycles. The first-order chi connectivity index (χ1) is 9.53. The highest BCUT2D eigenvalue weighted by Crippen LogP contribution is 2.34. The lowest BCUT2D eigenvalue weighted by Gasteiger charge is -2.23. The van der Waals surface area contributed by atoms with E-state index in [9.17, 15) is 0 Å². The quantitative estimate of drug-likeness (QED) is 0.562. The van der Waals surface area contributed by atoms with E-state index in [1.165, 1.54) is 33.4 Å². The van der Waals surface area contributed by atoms with E-state index in [1.807, 2.05) is 6.08 Å². The van der Waals surface area contributed by atoms with Gasteiger partial charge in [0, 0.05) is 0 Å². The second kappa shape index (κ2) is 7.28. The molecule has 0 amide bonds. The minimum Gasteiger partial charge on any atom is -0.103 e. The van der Waals surface area contributed by atoms with Gasteiger partial charge in [0.05, 0.1) is 0 Å². The van der Waals surface area contributed by atoms with Crippen molar-refractivity contribution < 1.29 is 0 Å². The van der Waals surface area contributed by atoms with Gasteiger partial charge in [0.2, 0.25) is 0 Å². The van der Waals surface area contributed by atoms with Crippen LogP contribution in [0.15, 0.2) is 25.3 Å². The molecule has 0 fully saturated rings. The van der Waals surface area contributed by atoms with Gasteiger partial charge in [-0.15, -0.1) is 6.58 Å². The van der Waals surface area contributed by atoms with Crippen molar-refractivity contribution in [3.05, 3.63) is 58.7 Å². The third kappa shape index (κ3) is 2.95. The lowest BCUT2D eigenvalue weighted by atomic mass is 9.81. The minimum absolute atomic E-state index is 0.943. The normalized spacial score (nSPS) is 11.1. The molecule has 0 aliphatic rings. The molecule has 0 spiro atoms. The minimum atomic E-state index is 0.943. The Kier molecular flexibility index (Phi) is 6.01. The highest BCUT2D eigenvalue weighted by molar-refractivity contribution is 5.78. The van der Waals surface area contributed by atoms with Crippen molar-refractivity contribution in [2.45, 2.75) is 53.9 Å². The SMILES string of the molecule is C=CCc1c(C)c(CC)c(/C=C/C)c(C(=C)C)c1CC. The van der Waals surface area contributed by atoms with Crippen LogP contribution in [0.25, 0.3) is 11.6 Å². The highest BCUT2D eigenvalue weighted by atomic mass is 14.2. The molecule has 0 saturated heterocycles. The van der Waals surface area contributed by atoms with Crippen molar-refractivity contribution in [3.8, 4) is 0 Å². The summed E-state index contributed by atoms with van der Waals surface area (Å²) in [5.41, 5.74) is 9.66. The molecule has 0 radical (unpaired) electrons. The highest BCUT2D eigenvalue weighted by Gasteiger charge is 2.18. The van der Waals surface area contributed by atoms with Gasteiger partial charge in [-0.2, -0.15) is 0 Å². The Labute approximate surface area is 124 Å². The first kappa shape index (κ1) is 16.5. The molecule has 0 unspecified atom stereocenters. The third-order valence-electron chi connectivity index (χ3n) is 3.98. The Balaban J connectivity index is 3.88. The lowest BCUT2D eigenvalue weighted by Crippen LogP contribution is -2.08. The van der Waals surface area contributed by atoms with Crippen molar-refractivity contribution in [1.82, 2.24) is 0 Å². The molecule has 20 heavy (non-hydrogen) atoms. The molecule has 0 aliphatic heterocycles. The van der Waals surface area contributed by atoms with Gasteiger partial charge in [-0.25, -0.2) is 0 Å². The lowest BCUT2D eigenvalue weighted by molar-refractivity contribution is 1.01. The summed E-state index contributed by atoms with van der Waals surface area (Å²) in [5, 5.41) is 0. The zero-order valence-corrected chi connectivity index (χ0v) is 13.8. The molecule has 0 bridgehead atoms. The Morgan fingerprint density at radius 2 is 1.70 bits per heavy atom. The van der Waals surface area contributed by atoms with Crippen LogP contribution in [0.2, 0.25) is 0 Å². The largest absolute Gasteiger partial charge is 0.103 e. The van der Waals surface area contributed by atoms with Crippen molar-refractivity contribution >= 4 is 11.6 Å². The second-order valence-corrected chi connectivity index (χ2v) is 5.33. The van der Waals surface area contributed by atoms with Crippen molar-refractivity contribution in [3.63, 3.8) is 0 Å². The predicted molar refractivity (Wildman–Crippen MR) is 93.3 cm³/mol. The van der Waals surface area contributed by atoms with Crippen LogP contribution in [-0.4, -0.2) is 0 Å². The van der Waals surface area contributed by atoms with Gasteiger partial charge in [0.25, 0.3) is 0 Å². The van der Waals surface area contributed by atoms with Crippen molar-refractivity contribution in [1.29, 1.82) is 0 Å². The monoisotopic (exact) mass is 268 g/mol. The van der Waals surface area contributed by atoms with Gasteiger partial charge in [0.15, 0.2) is 0 Å². The zero-order chi connectivity index (χ0) is 15.3. The fourth-order valence-corrected chi connectivity index (χ4v) is 3.18. The topological polar surface area (TPSA) is 0 Å². The molecule has 108 valence electrons. The summed E-state index contributed by atoms with van der Waals surface area (Å²) < 4.78 is 0. The summed E-state index contributed by atoms with van der Waals surface area (Å²) in [7, 11) is 0. The standard InChI is InChI=1S/C20H28/c1-8-12-18-15(7)16(10-3)19(13-9-2)20(14(5)6)17(18)11-4/h8-9,13H,1,5,10-12H2,2-4,6-7H3/b13-9+. The Morgan fingerprint density at radius 1 is 1.10 bits per heavy atom. The fourth-order valence-electron chi connectivity index (χ4n) is 3.18. The third-order valence-corrected chi connectivity index (χ3v) is 3.98. The van der Waals surface area contributed by atoms with Crippen LogP contribution in [0, 0.1) is 6.92 Å². The summed E-state index contributed by atoms with van der Waals surface area (Å²) >= 11 is 0. The molecule has 0 N–H and O–H groups in total. The molecule has 0 nitrogen and oxygen atoms in total. The Hall–Kier alpha value is -1.56. The van der Waals surface area contributed by atoms with E-state index in [2.05, 4.69) is 59.9 Å². The van der Waals surface area contributed by atoms with Crippen molar-refractivity contribution in [2.75, 3.05) is 0 Å². The van der Waals surface area contributed by atoms with E-state index in [-0.39, 0.29) is 0 Å². The van der Waals surface area contributed by atoms with Crippen LogP contribution >= 0.6 is 0 Å². The molecular formula is C20H28. The van der Waals surface area contributed by atoms with Gasteiger partial charge in [-0.3, -0.25) is 0 Å². The predicted octanol–water partition coefficient (Wildman–Crippen LogP) is 5.91. The van der Waals surface area contributed by atoms with E-state index < -0.39 is 0 Å². The Morgan fingerprint density at radius 3 is 2.10 bits per heavy atom. The van der Waals surface area contributed by atoms with E-state index in [1.54, 1.807) is 0 Å². The van der Waals surface area contributed by atoms with Gasteiger partial charge >= 0.3 is 0 Å². The van der Waals surface area contributed by atoms with E-state index in [4.69, 9.17) is 0 Å². The average molecular weight is 268 g/mol. The number of hydrogen-bond acceptors (Lipinski definition) is 0. The molecule has 1 aromatic rings. The van der Waals surface area contributed by atoms with Crippen LogP contribution in [0.3, 0.4) is 0 Å². The molecule has 0 aliphatic carbocycles. The molecule has 0 heterocycles. The molecule has 0 saturated carbocycles. The summed E-state index contributed by atoms with van der Waals surface area (Å²) in [5.74, 6) is 0. The maximum absolute atomic E-state index is 4.22. The first-order valence-corrected chi connectivity index (χ1v) is 7.59. The maximum Gasteiger partial charge on any atom is -0.00944 e. The van der Waals surface area contributed by atoms with Gasteiger partial charge in [-0.1, -0.05) is 44.2 Å². The first-order valence-electron chi connectivity index (χ1n) is 7.59. The van der Waals surface area contributed by atoms with E-state index in [0.29, 0.717) is 0 Å². The second-order valence-electron chi connectivity index (χ2n) is 5.33. The van der Waals surface area contributed by atoms with Gasteiger partial charge < -0.3 is 0 Å². The Bertz CT molecular complexity index is 542. The van der Waals surface area contributed by atoms with E-state index in [0.717, 1.165) is 24.8 Å². The molecular weight excluding hydrogens is 240 g/mol. The van der Waals surface area contributed by atoms with Crippen LogP contribution in [-0.2, 0) is 19.3 Å². The van der Waals surface area contributed by atoms with Gasteiger partial charge in [0.1, 0.15) is 0 Å². The molecule has 1 rings (SSSR count). The number of rotatable bonds is 6. The van der Waals surface area contributed by atoms with Crippen molar-refractivity contribution in [2.24, 2.45) is 0 Å². The van der Waals surface area contributed by atoms with Gasteiger partial charge in [-0.05, 0) is 73.4 Å². The van der Waals surface area contributed by atoms with Crippen LogP contribution < -0.4 is 0 Å².